The molecule has 0 saturated heterocycles. The molecule has 3 rings (SSSR count). The van der Waals surface area contributed by atoms with Gasteiger partial charge in [0.05, 0.1) is 34.2 Å². The summed E-state index contributed by atoms with van der Waals surface area (Å²) in [6.45, 7) is 0. The highest BCUT2D eigenvalue weighted by Gasteiger charge is 2.39. The Kier molecular flexibility index (Phi) is 7.01. The third-order valence-corrected chi connectivity index (χ3v) is 7.60. The molecule has 32 heavy (non-hydrogen) atoms. The first kappa shape index (κ1) is 23.5. The lowest BCUT2D eigenvalue weighted by molar-refractivity contribution is 0.112. The van der Waals surface area contributed by atoms with Gasteiger partial charge >= 0.3 is 0 Å². The van der Waals surface area contributed by atoms with Gasteiger partial charge in [0, 0.05) is 26.8 Å². The lowest BCUT2D eigenvalue weighted by Gasteiger charge is -2.28. The monoisotopic (exact) mass is 456 g/mol. The van der Waals surface area contributed by atoms with Crippen LogP contribution >= 0.6 is 0 Å². The van der Waals surface area contributed by atoms with E-state index in [1.165, 1.54) is 26.2 Å². The minimum Gasteiger partial charge on any atom is -0.394 e. The molecule has 170 valence electrons. The van der Waals surface area contributed by atoms with E-state index in [-0.39, 0.29) is 4.90 Å². The number of nitriles is 1. The van der Waals surface area contributed by atoms with E-state index in [2.05, 4.69) is 16.7 Å². The molecule has 1 saturated carbocycles. The molecule has 9 nitrogen and oxygen atoms in total. The van der Waals surface area contributed by atoms with Crippen molar-refractivity contribution < 1.29 is 13.2 Å². The summed E-state index contributed by atoms with van der Waals surface area (Å²) < 4.78 is 27.6. The molecule has 2 aromatic rings. The van der Waals surface area contributed by atoms with Gasteiger partial charge in [-0.15, -0.1) is 0 Å². The summed E-state index contributed by atoms with van der Waals surface area (Å²) in [4.78, 5) is 12.2. The summed E-state index contributed by atoms with van der Waals surface area (Å²) in [5, 5.41) is 20.3. The summed E-state index contributed by atoms with van der Waals surface area (Å²) in [6, 6.07) is 8.56. The van der Waals surface area contributed by atoms with E-state index in [4.69, 9.17) is 5.10 Å². The van der Waals surface area contributed by atoms with Crippen molar-refractivity contribution >= 4 is 33.9 Å². The maximum absolute atomic E-state index is 12.3. The zero-order valence-electron chi connectivity index (χ0n) is 18.5. The number of carbonyl (C=O) groups excluding carboxylic acids is 1. The van der Waals surface area contributed by atoms with Gasteiger partial charge in [-0.2, -0.15) is 10.4 Å². The Morgan fingerprint density at radius 1 is 1.25 bits per heavy atom. The van der Waals surface area contributed by atoms with Crippen LogP contribution in [0, 0.1) is 11.3 Å². The molecule has 1 aromatic carbocycles. The summed E-state index contributed by atoms with van der Waals surface area (Å²) in [7, 11) is 1.18. The molecule has 0 spiro atoms. The number of nitrogens with one attached hydrogen (secondary N) is 2. The lowest BCUT2D eigenvalue weighted by atomic mass is 9.93. The fourth-order valence-corrected chi connectivity index (χ4v) is 4.94. The van der Waals surface area contributed by atoms with E-state index in [1.54, 1.807) is 31.5 Å². The molecule has 2 N–H and O–H groups in total. The fraction of sp³-hybridized carbons (Fsp3) is 0.409. The van der Waals surface area contributed by atoms with E-state index < -0.39 is 15.6 Å². The van der Waals surface area contributed by atoms with Gasteiger partial charge in [0.15, 0.2) is 12.1 Å². The van der Waals surface area contributed by atoms with Crippen LogP contribution in [-0.4, -0.2) is 49.9 Å². The van der Waals surface area contributed by atoms with Crippen LogP contribution in [0.3, 0.4) is 0 Å². The number of carbonyl (C=O) groups is 1. The molecule has 0 unspecified atom stereocenters. The van der Waals surface area contributed by atoms with E-state index in [9.17, 15) is 18.5 Å². The molecule has 1 heterocycles. The highest BCUT2D eigenvalue weighted by atomic mass is 32.2. The van der Waals surface area contributed by atoms with Crippen molar-refractivity contribution in [3.05, 3.63) is 41.7 Å². The maximum Gasteiger partial charge on any atom is 0.242 e. The van der Waals surface area contributed by atoms with Crippen LogP contribution in [0.25, 0.3) is 6.08 Å². The quantitative estimate of drug-likeness (QED) is 0.556. The van der Waals surface area contributed by atoms with E-state index in [1.807, 2.05) is 4.68 Å². The molecule has 1 fully saturated rings. The van der Waals surface area contributed by atoms with Crippen molar-refractivity contribution in [1.29, 1.82) is 5.26 Å². The van der Waals surface area contributed by atoms with Crippen LogP contribution in [0.2, 0.25) is 0 Å². The number of benzene rings is 1. The van der Waals surface area contributed by atoms with E-state index >= 15 is 0 Å². The number of aromatic nitrogens is 2. The van der Waals surface area contributed by atoms with Gasteiger partial charge in [-0.25, -0.2) is 12.7 Å². The molecular formula is C22H28N6O3S. The summed E-state index contributed by atoms with van der Waals surface area (Å²) in [5.74, 6) is 0.364. The predicted molar refractivity (Wildman–Crippen MR) is 123 cm³/mol. The molecule has 0 aliphatic heterocycles. The average molecular weight is 457 g/mol. The number of rotatable bonds is 9. The standard InChI is InChI=1S/C22H28N6O3S/c1-24-15-10-20-19(16-29)21(26-28(20)22(13-14-23)11-4-5-12-22)25-17-6-8-18(9-7-17)32(30,31)27(2)3/h6-10,15-16,24H,4-5,11-13H2,1-3H3,(H,25,26)/b15-10-. The first-order chi connectivity index (χ1) is 15.3. The Morgan fingerprint density at radius 3 is 2.44 bits per heavy atom. The topological polar surface area (TPSA) is 120 Å². The Labute approximate surface area is 188 Å². The lowest BCUT2D eigenvalue weighted by Crippen LogP contribution is -2.32. The largest absolute Gasteiger partial charge is 0.394 e. The number of aldehydes is 1. The average Bonchev–Trinajstić information content (AvgIpc) is 3.38. The van der Waals surface area contributed by atoms with Gasteiger partial charge in [0.25, 0.3) is 0 Å². The van der Waals surface area contributed by atoms with Crippen molar-refractivity contribution in [1.82, 2.24) is 19.4 Å². The number of hydrogen-bond donors (Lipinski definition) is 2. The maximum atomic E-state index is 12.3. The van der Waals surface area contributed by atoms with E-state index in [0.29, 0.717) is 29.2 Å². The van der Waals surface area contributed by atoms with Gasteiger partial charge in [0.2, 0.25) is 10.0 Å². The predicted octanol–water partition coefficient (Wildman–Crippen LogP) is 3.06. The van der Waals surface area contributed by atoms with Gasteiger partial charge in [0.1, 0.15) is 0 Å². The molecule has 0 bridgehead atoms. The van der Waals surface area contributed by atoms with Crippen LogP contribution in [-0.2, 0) is 15.6 Å². The van der Waals surface area contributed by atoms with E-state index in [0.717, 1.165) is 36.3 Å². The van der Waals surface area contributed by atoms with Gasteiger partial charge in [-0.05, 0) is 49.4 Å². The highest BCUT2D eigenvalue weighted by Crippen LogP contribution is 2.41. The molecule has 0 radical (unpaired) electrons. The van der Waals surface area contributed by atoms with Crippen molar-refractivity contribution in [3.63, 3.8) is 0 Å². The Balaban J connectivity index is 2.04. The molecule has 0 atom stereocenters. The first-order valence-electron chi connectivity index (χ1n) is 10.4. The zero-order chi connectivity index (χ0) is 23.4. The summed E-state index contributed by atoms with van der Waals surface area (Å²) >= 11 is 0. The molecule has 0 amide bonds. The van der Waals surface area contributed by atoms with Crippen molar-refractivity contribution in [2.45, 2.75) is 42.5 Å². The second kappa shape index (κ2) is 9.54. The van der Waals surface area contributed by atoms with Crippen LogP contribution in [0.5, 0.6) is 0 Å². The van der Waals surface area contributed by atoms with Crippen molar-refractivity contribution in [3.8, 4) is 6.07 Å². The summed E-state index contributed by atoms with van der Waals surface area (Å²) in [5.41, 5.74) is 1.15. The molecule has 1 aliphatic rings. The van der Waals surface area contributed by atoms with Gasteiger partial charge in [-0.1, -0.05) is 12.8 Å². The smallest absolute Gasteiger partial charge is 0.242 e. The van der Waals surface area contributed by atoms with Crippen molar-refractivity contribution in [2.24, 2.45) is 0 Å². The molecule has 10 heteroatoms. The molecule has 1 aliphatic carbocycles. The van der Waals surface area contributed by atoms with Crippen LogP contribution in [0.1, 0.15) is 48.2 Å². The molecule has 1 aromatic heterocycles. The second-order valence-corrected chi connectivity index (χ2v) is 10.2. The minimum absolute atomic E-state index is 0.172. The Morgan fingerprint density at radius 2 is 1.91 bits per heavy atom. The van der Waals surface area contributed by atoms with Crippen LogP contribution in [0.4, 0.5) is 11.5 Å². The van der Waals surface area contributed by atoms with Crippen molar-refractivity contribution in [2.75, 3.05) is 26.5 Å². The van der Waals surface area contributed by atoms with Crippen LogP contribution in [0.15, 0.2) is 35.4 Å². The zero-order valence-corrected chi connectivity index (χ0v) is 19.3. The number of anilines is 2. The third-order valence-electron chi connectivity index (χ3n) is 5.77. The van der Waals surface area contributed by atoms with Gasteiger partial charge in [-0.3, -0.25) is 9.48 Å². The Bertz CT molecular complexity index is 1140. The van der Waals surface area contributed by atoms with Gasteiger partial charge < -0.3 is 10.6 Å². The third kappa shape index (κ3) is 4.40. The number of sulfonamides is 1. The summed E-state index contributed by atoms with van der Waals surface area (Å²) in [6.07, 6.45) is 8.20. The van der Waals surface area contributed by atoms with Crippen LogP contribution < -0.4 is 10.6 Å². The number of hydrogen-bond acceptors (Lipinski definition) is 7. The second-order valence-electron chi connectivity index (χ2n) is 8.00. The fourth-order valence-electron chi connectivity index (χ4n) is 4.04. The first-order valence-corrected chi connectivity index (χ1v) is 11.8. The normalized spacial score (nSPS) is 15.7. The highest BCUT2D eigenvalue weighted by molar-refractivity contribution is 7.89. The minimum atomic E-state index is -3.53. The Hall–Kier alpha value is -3.16. The SMILES string of the molecule is CN/C=C\c1c(C=O)c(Nc2ccc(S(=O)(=O)N(C)C)cc2)nn1C1(CC#N)CCCC1. The molecular weight excluding hydrogens is 428 g/mol. The number of nitrogens with zero attached hydrogens (tertiary/aromatic N) is 4.